The minimum Gasteiger partial charge on any atom is -0.357 e. The Balaban J connectivity index is 2.71. The van der Waals surface area contributed by atoms with E-state index in [1.165, 1.54) is 6.07 Å². The van der Waals surface area contributed by atoms with Crippen LogP contribution in [-0.4, -0.2) is 25.1 Å². The molecule has 1 atom stereocenters. The lowest BCUT2D eigenvalue weighted by atomic mass is 10.0. The van der Waals surface area contributed by atoms with Gasteiger partial charge in [0.2, 0.25) is 0 Å². The molecule has 0 aliphatic rings. The molecular formula is C15H23F2N3. The molecule has 1 unspecified atom stereocenters. The number of rotatable bonds is 5. The van der Waals surface area contributed by atoms with Gasteiger partial charge >= 0.3 is 0 Å². The number of aliphatic imine (C=N–C) groups is 1. The molecule has 0 spiro atoms. The van der Waals surface area contributed by atoms with Crippen LogP contribution in [0.15, 0.2) is 23.2 Å². The maximum absolute atomic E-state index is 13.2. The number of guanidine groups is 1. The van der Waals surface area contributed by atoms with Crippen molar-refractivity contribution in [1.29, 1.82) is 0 Å². The minimum atomic E-state index is -0.820. The Morgan fingerprint density at radius 1 is 1.20 bits per heavy atom. The molecule has 112 valence electrons. The van der Waals surface area contributed by atoms with E-state index in [0.717, 1.165) is 24.1 Å². The number of nitrogens with zero attached hydrogens (tertiary/aromatic N) is 1. The van der Waals surface area contributed by atoms with Crippen LogP contribution >= 0.6 is 0 Å². The van der Waals surface area contributed by atoms with Gasteiger partial charge in [-0.1, -0.05) is 13.0 Å². The van der Waals surface area contributed by atoms with Gasteiger partial charge in [-0.15, -0.1) is 0 Å². The molecule has 20 heavy (non-hydrogen) atoms. The first-order chi connectivity index (χ1) is 9.43. The lowest BCUT2D eigenvalue weighted by molar-refractivity contribution is 0.505. The number of halogens is 2. The summed E-state index contributed by atoms with van der Waals surface area (Å²) >= 11 is 0. The van der Waals surface area contributed by atoms with Crippen LogP contribution in [-0.2, 0) is 0 Å². The van der Waals surface area contributed by atoms with Gasteiger partial charge in [0.05, 0.1) is 0 Å². The average Bonchev–Trinajstić information content (AvgIpc) is 2.38. The van der Waals surface area contributed by atoms with Crippen molar-refractivity contribution in [2.75, 3.05) is 13.1 Å². The standard InChI is InChI=1S/C15H23F2N3/c1-5-18-15(20-10(2)3)19-9-11(4)12-6-7-13(16)14(17)8-12/h6-8,10-11H,5,9H2,1-4H3,(H2,18,19,20). The third kappa shape index (κ3) is 5.15. The first kappa shape index (κ1) is 16.4. The molecule has 1 aromatic carbocycles. The summed E-state index contributed by atoms with van der Waals surface area (Å²) < 4.78 is 26.1. The van der Waals surface area contributed by atoms with Crippen molar-refractivity contribution in [3.8, 4) is 0 Å². The highest BCUT2D eigenvalue weighted by atomic mass is 19.2. The van der Waals surface area contributed by atoms with Crippen molar-refractivity contribution in [3.63, 3.8) is 0 Å². The molecule has 1 rings (SSSR count). The fraction of sp³-hybridized carbons (Fsp3) is 0.533. The highest BCUT2D eigenvalue weighted by Crippen LogP contribution is 2.18. The fourth-order valence-electron chi connectivity index (χ4n) is 1.75. The summed E-state index contributed by atoms with van der Waals surface area (Å²) in [5.74, 6) is -0.880. The molecule has 0 amide bonds. The Morgan fingerprint density at radius 3 is 2.45 bits per heavy atom. The van der Waals surface area contributed by atoms with Gasteiger partial charge in [0.15, 0.2) is 17.6 Å². The zero-order valence-electron chi connectivity index (χ0n) is 12.5. The van der Waals surface area contributed by atoms with Crippen molar-refractivity contribution < 1.29 is 8.78 Å². The SMILES string of the molecule is CCNC(=NCC(C)c1ccc(F)c(F)c1)NC(C)C. The summed E-state index contributed by atoms with van der Waals surface area (Å²) in [6, 6.07) is 4.27. The summed E-state index contributed by atoms with van der Waals surface area (Å²) in [5, 5.41) is 6.36. The van der Waals surface area contributed by atoms with Crippen LogP contribution in [0.4, 0.5) is 8.78 Å². The largest absolute Gasteiger partial charge is 0.357 e. The maximum atomic E-state index is 13.2. The summed E-state index contributed by atoms with van der Waals surface area (Å²) in [5.41, 5.74) is 0.744. The second-order valence-electron chi connectivity index (χ2n) is 5.09. The molecule has 0 aliphatic carbocycles. The van der Waals surface area contributed by atoms with Crippen LogP contribution in [0.2, 0.25) is 0 Å². The predicted octanol–water partition coefficient (Wildman–Crippen LogP) is 3.03. The zero-order valence-corrected chi connectivity index (χ0v) is 12.5. The quantitative estimate of drug-likeness (QED) is 0.644. The first-order valence-corrected chi connectivity index (χ1v) is 6.93. The van der Waals surface area contributed by atoms with E-state index >= 15 is 0 Å². The lowest BCUT2D eigenvalue weighted by Gasteiger charge is -2.15. The third-order valence-electron chi connectivity index (χ3n) is 2.81. The third-order valence-corrected chi connectivity index (χ3v) is 2.81. The maximum Gasteiger partial charge on any atom is 0.191 e. The second-order valence-corrected chi connectivity index (χ2v) is 5.09. The number of hydrogen-bond donors (Lipinski definition) is 2. The Bertz CT molecular complexity index is 458. The van der Waals surface area contributed by atoms with Crippen LogP contribution in [0.1, 0.15) is 39.2 Å². The van der Waals surface area contributed by atoms with Gasteiger partial charge in [-0.25, -0.2) is 8.78 Å². The lowest BCUT2D eigenvalue weighted by Crippen LogP contribution is -2.41. The van der Waals surface area contributed by atoms with Crippen LogP contribution in [0, 0.1) is 11.6 Å². The molecule has 0 fully saturated rings. The molecule has 0 bridgehead atoms. The van der Waals surface area contributed by atoms with E-state index in [9.17, 15) is 8.78 Å². The van der Waals surface area contributed by atoms with E-state index in [1.807, 2.05) is 27.7 Å². The summed E-state index contributed by atoms with van der Waals surface area (Å²) in [6.07, 6.45) is 0. The van der Waals surface area contributed by atoms with E-state index in [2.05, 4.69) is 15.6 Å². The van der Waals surface area contributed by atoms with Gasteiger partial charge in [-0.3, -0.25) is 4.99 Å². The molecule has 3 nitrogen and oxygen atoms in total. The average molecular weight is 283 g/mol. The monoisotopic (exact) mass is 283 g/mol. The normalized spacial score (nSPS) is 13.4. The van der Waals surface area contributed by atoms with E-state index in [0.29, 0.717) is 6.54 Å². The summed E-state index contributed by atoms with van der Waals surface area (Å²) in [7, 11) is 0. The molecule has 0 radical (unpaired) electrons. The Kier molecular flexibility index (Phi) is 6.42. The van der Waals surface area contributed by atoms with Crippen molar-refractivity contribution in [1.82, 2.24) is 10.6 Å². The van der Waals surface area contributed by atoms with Gasteiger partial charge in [-0.2, -0.15) is 0 Å². The Hall–Kier alpha value is -1.65. The van der Waals surface area contributed by atoms with Crippen molar-refractivity contribution in [2.24, 2.45) is 4.99 Å². The summed E-state index contributed by atoms with van der Waals surface area (Å²) in [6.45, 7) is 9.29. The van der Waals surface area contributed by atoms with Crippen molar-refractivity contribution >= 4 is 5.96 Å². The molecule has 5 heteroatoms. The smallest absolute Gasteiger partial charge is 0.191 e. The fourth-order valence-corrected chi connectivity index (χ4v) is 1.75. The minimum absolute atomic E-state index is 0.0210. The Morgan fingerprint density at radius 2 is 1.90 bits per heavy atom. The van der Waals surface area contributed by atoms with Gasteiger partial charge < -0.3 is 10.6 Å². The van der Waals surface area contributed by atoms with Crippen LogP contribution < -0.4 is 10.6 Å². The van der Waals surface area contributed by atoms with E-state index in [-0.39, 0.29) is 12.0 Å². The molecule has 0 aromatic heterocycles. The van der Waals surface area contributed by atoms with Crippen molar-refractivity contribution in [3.05, 3.63) is 35.4 Å². The van der Waals surface area contributed by atoms with E-state index in [4.69, 9.17) is 0 Å². The van der Waals surface area contributed by atoms with Gasteiger partial charge in [0, 0.05) is 25.0 Å². The van der Waals surface area contributed by atoms with E-state index in [1.54, 1.807) is 6.07 Å². The molecule has 0 saturated heterocycles. The first-order valence-electron chi connectivity index (χ1n) is 6.93. The highest BCUT2D eigenvalue weighted by Gasteiger charge is 2.09. The zero-order chi connectivity index (χ0) is 15.1. The highest BCUT2D eigenvalue weighted by molar-refractivity contribution is 5.80. The predicted molar refractivity (Wildman–Crippen MR) is 79.0 cm³/mol. The van der Waals surface area contributed by atoms with E-state index < -0.39 is 11.6 Å². The van der Waals surface area contributed by atoms with Crippen molar-refractivity contribution in [2.45, 2.75) is 39.7 Å². The molecule has 0 aliphatic heterocycles. The van der Waals surface area contributed by atoms with Crippen LogP contribution in [0.3, 0.4) is 0 Å². The number of hydrogen-bond acceptors (Lipinski definition) is 1. The molecule has 2 N–H and O–H groups in total. The van der Waals surface area contributed by atoms with Gasteiger partial charge in [-0.05, 0) is 38.5 Å². The van der Waals surface area contributed by atoms with Crippen LogP contribution in [0.25, 0.3) is 0 Å². The molecule has 0 saturated carbocycles. The van der Waals surface area contributed by atoms with Gasteiger partial charge in [0.1, 0.15) is 0 Å². The second kappa shape index (κ2) is 7.82. The van der Waals surface area contributed by atoms with Crippen LogP contribution in [0.5, 0.6) is 0 Å². The number of benzene rings is 1. The molecular weight excluding hydrogens is 260 g/mol. The molecule has 1 aromatic rings. The Labute approximate surface area is 119 Å². The van der Waals surface area contributed by atoms with Gasteiger partial charge in [0.25, 0.3) is 0 Å². The summed E-state index contributed by atoms with van der Waals surface area (Å²) in [4.78, 5) is 4.46. The molecule has 0 heterocycles. The number of nitrogens with one attached hydrogen (secondary N) is 2. The topological polar surface area (TPSA) is 36.4 Å².